The lowest BCUT2D eigenvalue weighted by atomic mass is 9.90. The molecule has 0 amide bonds. The Bertz CT molecular complexity index is 309. The molecule has 0 atom stereocenters. The molecule has 4 N–H and O–H groups in total. The van der Waals surface area contributed by atoms with Crippen LogP contribution >= 0.6 is 0 Å². The van der Waals surface area contributed by atoms with E-state index < -0.39 is 0 Å². The molecule has 0 radical (unpaired) electrons. The lowest BCUT2D eigenvalue weighted by molar-refractivity contribution is 0.377. The van der Waals surface area contributed by atoms with Crippen molar-refractivity contribution in [2.75, 3.05) is 17.3 Å². The first-order valence-corrected chi connectivity index (χ1v) is 5.24. The van der Waals surface area contributed by atoms with Crippen LogP contribution in [0.2, 0.25) is 0 Å². The van der Waals surface area contributed by atoms with Crippen molar-refractivity contribution in [1.82, 2.24) is 4.98 Å². The van der Waals surface area contributed by atoms with E-state index in [1.54, 1.807) is 6.20 Å². The quantitative estimate of drug-likeness (QED) is 0.513. The zero-order chi connectivity index (χ0) is 11.3. The molecule has 0 bridgehead atoms. The summed E-state index contributed by atoms with van der Waals surface area (Å²) in [4.78, 5) is 4.05. The fourth-order valence-corrected chi connectivity index (χ4v) is 1.09. The van der Waals surface area contributed by atoms with E-state index in [1.165, 1.54) is 0 Å². The van der Waals surface area contributed by atoms with E-state index in [9.17, 15) is 0 Å². The highest BCUT2D eigenvalue weighted by Crippen LogP contribution is 2.21. The molecule has 1 rings (SSSR count). The monoisotopic (exact) mass is 208 g/mol. The summed E-state index contributed by atoms with van der Waals surface area (Å²) < 4.78 is 0. The van der Waals surface area contributed by atoms with Crippen LogP contribution in [0.25, 0.3) is 0 Å². The fourth-order valence-electron chi connectivity index (χ4n) is 1.09. The number of pyridine rings is 1. The molecule has 0 spiro atoms. The molecule has 15 heavy (non-hydrogen) atoms. The van der Waals surface area contributed by atoms with Gasteiger partial charge in [-0.1, -0.05) is 20.8 Å². The maximum Gasteiger partial charge on any atom is 0.141 e. The highest BCUT2D eigenvalue weighted by Gasteiger charge is 2.14. The Kier molecular flexibility index (Phi) is 3.91. The molecule has 84 valence electrons. The summed E-state index contributed by atoms with van der Waals surface area (Å²) in [5.41, 5.74) is 3.87. The van der Waals surface area contributed by atoms with Crippen molar-refractivity contribution in [2.24, 2.45) is 11.3 Å². The highest BCUT2D eigenvalue weighted by molar-refractivity contribution is 5.51. The molecule has 1 aromatic rings. The summed E-state index contributed by atoms with van der Waals surface area (Å²) in [6.07, 6.45) is 2.88. The van der Waals surface area contributed by atoms with Crippen LogP contribution in [0.4, 0.5) is 11.5 Å². The molecule has 4 heteroatoms. The fraction of sp³-hybridized carbons (Fsp3) is 0.545. The van der Waals surface area contributed by atoms with Gasteiger partial charge < -0.3 is 10.7 Å². The van der Waals surface area contributed by atoms with E-state index in [0.717, 1.165) is 18.7 Å². The standard InChI is InChI=1S/C11H20N4/c1-4-11(2,3)8-14-9-5-6-13-10(7-9)15-12/h5-7H,4,8,12H2,1-3H3,(H2,13,14,15). The molecular formula is C11H20N4. The Labute approximate surface area is 91.3 Å². The number of anilines is 2. The second-order valence-corrected chi connectivity index (χ2v) is 4.45. The first-order valence-electron chi connectivity index (χ1n) is 5.24. The minimum Gasteiger partial charge on any atom is -0.384 e. The van der Waals surface area contributed by atoms with Crippen LogP contribution in [0.1, 0.15) is 27.2 Å². The van der Waals surface area contributed by atoms with Gasteiger partial charge in [-0.2, -0.15) is 0 Å². The number of nitrogens with two attached hydrogens (primary N) is 1. The van der Waals surface area contributed by atoms with Crippen LogP contribution in [0.3, 0.4) is 0 Å². The van der Waals surface area contributed by atoms with Crippen LogP contribution in [0, 0.1) is 5.41 Å². The number of hydrogen-bond acceptors (Lipinski definition) is 4. The van der Waals surface area contributed by atoms with Crippen LogP contribution < -0.4 is 16.6 Å². The lowest BCUT2D eigenvalue weighted by Gasteiger charge is -2.23. The van der Waals surface area contributed by atoms with Gasteiger partial charge >= 0.3 is 0 Å². The van der Waals surface area contributed by atoms with Gasteiger partial charge in [-0.05, 0) is 17.9 Å². The molecule has 0 unspecified atom stereocenters. The Morgan fingerprint density at radius 1 is 1.47 bits per heavy atom. The van der Waals surface area contributed by atoms with E-state index in [2.05, 4.69) is 36.5 Å². The van der Waals surface area contributed by atoms with Gasteiger partial charge in [0.15, 0.2) is 0 Å². The van der Waals surface area contributed by atoms with E-state index in [-0.39, 0.29) is 0 Å². The lowest BCUT2D eigenvalue weighted by Crippen LogP contribution is -2.22. The second-order valence-electron chi connectivity index (χ2n) is 4.45. The third kappa shape index (κ3) is 3.75. The Hall–Kier alpha value is -1.29. The van der Waals surface area contributed by atoms with Crippen molar-refractivity contribution in [3.8, 4) is 0 Å². The number of nitrogens with one attached hydrogen (secondary N) is 2. The zero-order valence-corrected chi connectivity index (χ0v) is 9.67. The predicted molar refractivity (Wildman–Crippen MR) is 64.6 cm³/mol. The van der Waals surface area contributed by atoms with E-state index in [0.29, 0.717) is 11.2 Å². The van der Waals surface area contributed by atoms with Gasteiger partial charge in [-0.15, -0.1) is 0 Å². The third-order valence-corrected chi connectivity index (χ3v) is 2.64. The number of hydrazine groups is 1. The molecule has 1 heterocycles. The Morgan fingerprint density at radius 3 is 2.80 bits per heavy atom. The molecule has 0 saturated heterocycles. The number of nitrogens with zero attached hydrogens (tertiary/aromatic N) is 1. The van der Waals surface area contributed by atoms with Crippen LogP contribution in [-0.2, 0) is 0 Å². The van der Waals surface area contributed by atoms with Crippen molar-refractivity contribution in [2.45, 2.75) is 27.2 Å². The molecule has 1 aromatic heterocycles. The maximum atomic E-state index is 5.29. The molecule has 0 aliphatic heterocycles. The molecule has 0 saturated carbocycles. The van der Waals surface area contributed by atoms with Crippen molar-refractivity contribution in [3.63, 3.8) is 0 Å². The third-order valence-electron chi connectivity index (χ3n) is 2.64. The van der Waals surface area contributed by atoms with Crippen molar-refractivity contribution in [3.05, 3.63) is 18.3 Å². The first kappa shape index (κ1) is 11.8. The minimum atomic E-state index is 0.305. The number of rotatable bonds is 5. The van der Waals surface area contributed by atoms with E-state index >= 15 is 0 Å². The number of hydrogen-bond donors (Lipinski definition) is 3. The van der Waals surface area contributed by atoms with Crippen LogP contribution in [0.15, 0.2) is 18.3 Å². The van der Waals surface area contributed by atoms with Crippen LogP contribution in [-0.4, -0.2) is 11.5 Å². The summed E-state index contributed by atoms with van der Waals surface area (Å²) in [6.45, 7) is 7.62. The van der Waals surface area contributed by atoms with Gasteiger partial charge in [0.1, 0.15) is 5.82 Å². The molecule has 0 fully saturated rings. The van der Waals surface area contributed by atoms with Crippen molar-refractivity contribution in [1.29, 1.82) is 0 Å². The van der Waals surface area contributed by atoms with Gasteiger partial charge in [0.25, 0.3) is 0 Å². The minimum absolute atomic E-state index is 0.305. The normalized spacial score (nSPS) is 11.2. The molecule has 4 nitrogen and oxygen atoms in total. The predicted octanol–water partition coefficient (Wildman–Crippen LogP) is 2.22. The maximum absolute atomic E-state index is 5.29. The van der Waals surface area contributed by atoms with Gasteiger partial charge in [0.05, 0.1) is 0 Å². The largest absolute Gasteiger partial charge is 0.384 e. The zero-order valence-electron chi connectivity index (χ0n) is 9.67. The van der Waals surface area contributed by atoms with Gasteiger partial charge in [-0.3, -0.25) is 0 Å². The molecule has 0 aromatic carbocycles. The average molecular weight is 208 g/mol. The van der Waals surface area contributed by atoms with Crippen molar-refractivity contribution >= 4 is 11.5 Å². The molecule has 0 aliphatic rings. The summed E-state index contributed by atoms with van der Waals surface area (Å²) >= 11 is 0. The highest BCUT2D eigenvalue weighted by atomic mass is 15.2. The topological polar surface area (TPSA) is 63.0 Å². The molecular weight excluding hydrogens is 188 g/mol. The number of aromatic nitrogens is 1. The molecule has 0 aliphatic carbocycles. The summed E-state index contributed by atoms with van der Waals surface area (Å²) in [5, 5.41) is 3.38. The van der Waals surface area contributed by atoms with Gasteiger partial charge in [-0.25, -0.2) is 10.8 Å². The Balaban J connectivity index is 2.57. The van der Waals surface area contributed by atoms with Crippen LogP contribution in [0.5, 0.6) is 0 Å². The van der Waals surface area contributed by atoms with Gasteiger partial charge in [0, 0.05) is 24.5 Å². The van der Waals surface area contributed by atoms with E-state index in [1.807, 2.05) is 12.1 Å². The SMILES string of the molecule is CCC(C)(C)CNc1ccnc(NN)c1. The summed E-state index contributed by atoms with van der Waals surface area (Å²) in [5.74, 6) is 5.96. The second kappa shape index (κ2) is 4.98. The van der Waals surface area contributed by atoms with Gasteiger partial charge in [0.2, 0.25) is 0 Å². The summed E-state index contributed by atoms with van der Waals surface area (Å²) in [7, 11) is 0. The number of nitrogen functional groups attached to an aromatic ring is 1. The average Bonchev–Trinajstić information content (AvgIpc) is 2.27. The summed E-state index contributed by atoms with van der Waals surface area (Å²) in [6, 6.07) is 3.83. The van der Waals surface area contributed by atoms with E-state index in [4.69, 9.17) is 5.84 Å². The Morgan fingerprint density at radius 2 is 2.20 bits per heavy atom. The smallest absolute Gasteiger partial charge is 0.141 e. The first-order chi connectivity index (χ1) is 7.07. The van der Waals surface area contributed by atoms with Crippen molar-refractivity contribution < 1.29 is 0 Å².